The lowest BCUT2D eigenvalue weighted by Crippen LogP contribution is -2.25. The van der Waals surface area contributed by atoms with Gasteiger partial charge in [-0.3, -0.25) is 4.79 Å². The number of phenolic OH excluding ortho intramolecular Hbond substituents is 1. The Hall–Kier alpha value is -2.70. The van der Waals surface area contributed by atoms with Crippen molar-refractivity contribution in [2.75, 3.05) is 0 Å². The van der Waals surface area contributed by atoms with E-state index in [9.17, 15) is 23.1 Å². The second-order valence-electron chi connectivity index (χ2n) is 5.55. The largest absolute Gasteiger partial charge is 0.573 e. The Balaban J connectivity index is 1.82. The molecule has 7 heteroatoms. The molecule has 2 N–H and O–H groups in total. The van der Waals surface area contributed by atoms with Crippen LogP contribution < -0.4 is 10.1 Å². The quantitative estimate of drug-likeness (QED) is 0.891. The summed E-state index contributed by atoms with van der Waals surface area (Å²) in [6.07, 6.45) is -2.85. The first-order chi connectivity index (χ1) is 11.3. The van der Waals surface area contributed by atoms with E-state index in [4.69, 9.17) is 0 Å². The Bertz CT molecular complexity index is 753. The molecule has 3 rings (SSSR count). The van der Waals surface area contributed by atoms with Gasteiger partial charge in [-0.05, 0) is 48.7 Å². The Morgan fingerprint density at radius 1 is 1.12 bits per heavy atom. The molecule has 0 atom stereocenters. The highest BCUT2D eigenvalue weighted by Gasteiger charge is 2.31. The summed E-state index contributed by atoms with van der Waals surface area (Å²) in [5.74, 6) is -0.798. The van der Waals surface area contributed by atoms with Crippen LogP contribution in [0.1, 0.15) is 23.2 Å². The number of carbonyl (C=O) groups is 1. The Kier molecular flexibility index (Phi) is 4.09. The number of ether oxygens (including phenoxy) is 1. The van der Waals surface area contributed by atoms with Crippen LogP contribution in [0, 0.1) is 0 Å². The van der Waals surface area contributed by atoms with E-state index in [1.807, 2.05) is 0 Å². The average Bonchev–Trinajstić information content (AvgIpc) is 3.32. The van der Waals surface area contributed by atoms with Crippen LogP contribution in [0.4, 0.5) is 13.2 Å². The zero-order chi connectivity index (χ0) is 17.3. The van der Waals surface area contributed by atoms with Crippen molar-refractivity contribution in [2.45, 2.75) is 25.2 Å². The van der Waals surface area contributed by atoms with Gasteiger partial charge < -0.3 is 15.2 Å². The van der Waals surface area contributed by atoms with Gasteiger partial charge in [0, 0.05) is 17.2 Å². The first-order valence-electron chi connectivity index (χ1n) is 7.32. The number of alkyl halides is 3. The van der Waals surface area contributed by atoms with E-state index < -0.39 is 12.1 Å². The third-order valence-electron chi connectivity index (χ3n) is 3.57. The van der Waals surface area contributed by atoms with Crippen LogP contribution in [0.15, 0.2) is 42.5 Å². The van der Waals surface area contributed by atoms with E-state index in [2.05, 4.69) is 10.1 Å². The molecule has 2 aromatic carbocycles. The summed E-state index contributed by atoms with van der Waals surface area (Å²) in [6, 6.07) is 9.74. The van der Waals surface area contributed by atoms with E-state index in [1.165, 1.54) is 0 Å². The first kappa shape index (κ1) is 16.2. The normalized spacial score (nSPS) is 14.3. The monoisotopic (exact) mass is 337 g/mol. The summed E-state index contributed by atoms with van der Waals surface area (Å²) in [7, 11) is 0. The number of hydrogen-bond donors (Lipinski definition) is 2. The van der Waals surface area contributed by atoms with Crippen molar-refractivity contribution in [3.8, 4) is 22.6 Å². The maximum absolute atomic E-state index is 12.3. The number of halogens is 3. The third-order valence-corrected chi connectivity index (χ3v) is 3.57. The van der Waals surface area contributed by atoms with Crippen LogP contribution in [0.3, 0.4) is 0 Å². The second-order valence-corrected chi connectivity index (χ2v) is 5.55. The van der Waals surface area contributed by atoms with E-state index in [0.717, 1.165) is 31.0 Å². The molecule has 0 heterocycles. The molecule has 0 bridgehead atoms. The van der Waals surface area contributed by atoms with Crippen LogP contribution in [0.25, 0.3) is 11.1 Å². The molecule has 0 saturated heterocycles. The summed E-state index contributed by atoms with van der Waals surface area (Å²) < 4.78 is 40.7. The molecule has 0 aromatic heterocycles. The van der Waals surface area contributed by atoms with Crippen LogP contribution in [-0.2, 0) is 0 Å². The molecule has 1 saturated carbocycles. The summed E-state index contributed by atoms with van der Waals surface area (Å²) in [5.41, 5.74) is 1.11. The van der Waals surface area contributed by atoms with Gasteiger partial charge >= 0.3 is 6.36 Å². The van der Waals surface area contributed by atoms with Gasteiger partial charge in [-0.15, -0.1) is 13.2 Å². The predicted molar refractivity (Wildman–Crippen MR) is 80.7 cm³/mol. The fourth-order valence-corrected chi connectivity index (χ4v) is 2.24. The number of phenols is 1. The molecule has 2 aromatic rings. The Labute approximate surface area is 135 Å². The van der Waals surface area contributed by atoms with Crippen LogP contribution in [-0.4, -0.2) is 23.4 Å². The van der Waals surface area contributed by atoms with Crippen LogP contribution in [0.5, 0.6) is 11.5 Å². The standard InChI is InChI=1S/C17H14F3NO3/c18-17(19,20)24-13-7-8-15(22)14(9-13)10-1-3-11(4-2-10)16(23)21-12-5-6-12/h1-4,7-9,12,22H,5-6H2,(H,21,23). The fourth-order valence-electron chi connectivity index (χ4n) is 2.24. The van der Waals surface area contributed by atoms with Gasteiger partial charge in [0.1, 0.15) is 11.5 Å². The molecule has 126 valence electrons. The van der Waals surface area contributed by atoms with Crippen LogP contribution in [0.2, 0.25) is 0 Å². The highest BCUT2D eigenvalue weighted by Crippen LogP contribution is 2.34. The number of carbonyl (C=O) groups excluding carboxylic acids is 1. The number of rotatable bonds is 4. The van der Waals surface area contributed by atoms with Crippen molar-refractivity contribution >= 4 is 5.91 Å². The molecule has 24 heavy (non-hydrogen) atoms. The van der Waals surface area contributed by atoms with Gasteiger partial charge in [0.05, 0.1) is 0 Å². The minimum atomic E-state index is -4.81. The van der Waals surface area contributed by atoms with Gasteiger partial charge in [-0.1, -0.05) is 12.1 Å². The maximum Gasteiger partial charge on any atom is 0.573 e. The van der Waals surface area contributed by atoms with E-state index in [0.29, 0.717) is 11.1 Å². The number of nitrogens with one attached hydrogen (secondary N) is 1. The molecule has 1 fully saturated rings. The van der Waals surface area contributed by atoms with Crippen molar-refractivity contribution in [1.82, 2.24) is 5.32 Å². The van der Waals surface area contributed by atoms with Gasteiger partial charge in [0.2, 0.25) is 0 Å². The van der Waals surface area contributed by atoms with Crippen molar-refractivity contribution in [3.63, 3.8) is 0 Å². The molecular formula is C17H14F3NO3. The zero-order valence-electron chi connectivity index (χ0n) is 12.4. The topological polar surface area (TPSA) is 58.6 Å². The minimum Gasteiger partial charge on any atom is -0.507 e. The molecule has 1 aliphatic rings. The minimum absolute atomic E-state index is 0.181. The molecule has 4 nitrogen and oxygen atoms in total. The highest BCUT2D eigenvalue weighted by molar-refractivity contribution is 5.95. The van der Waals surface area contributed by atoms with Crippen molar-refractivity contribution < 1.29 is 27.8 Å². The molecular weight excluding hydrogens is 323 g/mol. The highest BCUT2D eigenvalue weighted by atomic mass is 19.4. The number of aromatic hydroxyl groups is 1. The summed E-state index contributed by atoms with van der Waals surface area (Å²) in [6.45, 7) is 0. The molecule has 0 unspecified atom stereocenters. The fraction of sp³-hybridized carbons (Fsp3) is 0.235. The summed E-state index contributed by atoms with van der Waals surface area (Å²) in [5, 5.41) is 12.7. The molecule has 0 aliphatic heterocycles. The molecule has 0 radical (unpaired) electrons. The Morgan fingerprint density at radius 2 is 1.79 bits per heavy atom. The smallest absolute Gasteiger partial charge is 0.507 e. The van der Waals surface area contributed by atoms with E-state index in [-0.39, 0.29) is 23.3 Å². The SMILES string of the molecule is O=C(NC1CC1)c1ccc(-c2cc(OC(F)(F)F)ccc2O)cc1. The lowest BCUT2D eigenvalue weighted by atomic mass is 10.0. The Morgan fingerprint density at radius 3 is 2.38 bits per heavy atom. The second kappa shape index (κ2) is 6.07. The average molecular weight is 337 g/mol. The third kappa shape index (κ3) is 3.98. The summed E-state index contributed by atoms with van der Waals surface area (Å²) >= 11 is 0. The van der Waals surface area contributed by atoms with E-state index in [1.54, 1.807) is 24.3 Å². The molecule has 1 aliphatic carbocycles. The van der Waals surface area contributed by atoms with Crippen LogP contribution >= 0.6 is 0 Å². The van der Waals surface area contributed by atoms with Gasteiger partial charge in [0.25, 0.3) is 5.91 Å². The molecule has 0 spiro atoms. The van der Waals surface area contributed by atoms with Crippen molar-refractivity contribution in [1.29, 1.82) is 0 Å². The van der Waals surface area contributed by atoms with Gasteiger partial charge in [-0.25, -0.2) is 0 Å². The molecule has 1 amide bonds. The number of amides is 1. The lowest BCUT2D eigenvalue weighted by molar-refractivity contribution is -0.274. The lowest BCUT2D eigenvalue weighted by Gasteiger charge is -2.12. The van der Waals surface area contributed by atoms with Gasteiger partial charge in [0.15, 0.2) is 0 Å². The van der Waals surface area contributed by atoms with Crippen molar-refractivity contribution in [2.24, 2.45) is 0 Å². The van der Waals surface area contributed by atoms with E-state index >= 15 is 0 Å². The van der Waals surface area contributed by atoms with Gasteiger partial charge in [-0.2, -0.15) is 0 Å². The number of hydrogen-bond acceptors (Lipinski definition) is 3. The summed E-state index contributed by atoms with van der Waals surface area (Å²) in [4.78, 5) is 11.9. The number of benzene rings is 2. The first-order valence-corrected chi connectivity index (χ1v) is 7.32. The van der Waals surface area contributed by atoms with Crippen molar-refractivity contribution in [3.05, 3.63) is 48.0 Å². The maximum atomic E-state index is 12.3. The zero-order valence-corrected chi connectivity index (χ0v) is 12.4. The predicted octanol–water partition coefficient (Wildman–Crippen LogP) is 3.85.